The van der Waals surface area contributed by atoms with Crippen molar-refractivity contribution in [2.24, 2.45) is 0 Å². The third kappa shape index (κ3) is 3.54. The zero-order valence-electron chi connectivity index (χ0n) is 12.8. The minimum absolute atomic E-state index is 0.000305. The molecule has 0 fully saturated rings. The fourth-order valence-electron chi connectivity index (χ4n) is 2.26. The molecule has 0 radical (unpaired) electrons. The van der Waals surface area contributed by atoms with Gasteiger partial charge in [0.1, 0.15) is 0 Å². The highest BCUT2D eigenvalue weighted by Crippen LogP contribution is 2.36. The molecule has 2 aromatic carbocycles. The van der Waals surface area contributed by atoms with Gasteiger partial charge in [-0.25, -0.2) is 0 Å². The van der Waals surface area contributed by atoms with Gasteiger partial charge in [-0.2, -0.15) is 0 Å². The molecule has 8 heteroatoms. The molecular formula is C17H11BrN2O4S. The van der Waals surface area contributed by atoms with Crippen LogP contribution in [0.4, 0.5) is 0 Å². The number of halogens is 1. The van der Waals surface area contributed by atoms with Crippen molar-refractivity contribution in [3.63, 3.8) is 0 Å². The van der Waals surface area contributed by atoms with Crippen LogP contribution in [0.25, 0.3) is 11.5 Å². The fraction of sp³-hybridized carbons (Fsp3) is 0.118. The van der Waals surface area contributed by atoms with E-state index >= 15 is 0 Å². The summed E-state index contributed by atoms with van der Waals surface area (Å²) >= 11 is 4.56. The van der Waals surface area contributed by atoms with Crippen LogP contribution in [0.5, 0.6) is 11.5 Å². The quantitative estimate of drug-likeness (QED) is 0.453. The Hall–Kier alpha value is -2.32. The minimum Gasteiger partial charge on any atom is -0.454 e. The fourth-order valence-corrected chi connectivity index (χ4v) is 3.18. The van der Waals surface area contributed by atoms with Gasteiger partial charge in [0.2, 0.25) is 12.7 Å². The lowest BCUT2D eigenvalue weighted by Gasteiger charge is -1.99. The van der Waals surface area contributed by atoms with Crippen molar-refractivity contribution >= 4 is 33.5 Å². The van der Waals surface area contributed by atoms with Gasteiger partial charge in [-0.05, 0) is 30.3 Å². The highest BCUT2D eigenvalue weighted by molar-refractivity contribution is 9.10. The van der Waals surface area contributed by atoms with Crippen LogP contribution in [-0.2, 0) is 0 Å². The van der Waals surface area contributed by atoms with Crippen LogP contribution in [0.2, 0.25) is 0 Å². The zero-order chi connectivity index (χ0) is 17.2. The van der Waals surface area contributed by atoms with Gasteiger partial charge in [0.25, 0.3) is 5.22 Å². The predicted octanol–water partition coefficient (Wildman–Crippen LogP) is 4.20. The number of thioether (sulfide) groups is 1. The Bertz CT molecular complexity index is 927. The van der Waals surface area contributed by atoms with Crippen LogP contribution in [0.3, 0.4) is 0 Å². The third-order valence-electron chi connectivity index (χ3n) is 3.52. The molecule has 0 amide bonds. The second-order valence-electron chi connectivity index (χ2n) is 5.16. The lowest BCUT2D eigenvalue weighted by atomic mass is 10.2. The Morgan fingerprint density at radius 2 is 1.88 bits per heavy atom. The predicted molar refractivity (Wildman–Crippen MR) is 95.1 cm³/mol. The first-order valence-electron chi connectivity index (χ1n) is 7.34. The summed E-state index contributed by atoms with van der Waals surface area (Å²) in [5.41, 5.74) is 1.38. The largest absolute Gasteiger partial charge is 0.454 e. The van der Waals surface area contributed by atoms with E-state index in [0.29, 0.717) is 28.2 Å². The van der Waals surface area contributed by atoms with E-state index in [4.69, 9.17) is 13.9 Å². The maximum atomic E-state index is 12.2. The summed E-state index contributed by atoms with van der Waals surface area (Å²) in [4.78, 5) is 12.2. The van der Waals surface area contributed by atoms with Crippen LogP contribution in [0, 0.1) is 0 Å². The van der Waals surface area contributed by atoms with Gasteiger partial charge in [-0.3, -0.25) is 4.79 Å². The second kappa shape index (κ2) is 6.89. The molecule has 0 spiro atoms. The van der Waals surface area contributed by atoms with Gasteiger partial charge in [0.15, 0.2) is 17.3 Å². The van der Waals surface area contributed by atoms with E-state index in [9.17, 15) is 4.79 Å². The Labute approximate surface area is 155 Å². The maximum Gasteiger partial charge on any atom is 0.277 e. The number of carbonyl (C=O) groups is 1. The topological polar surface area (TPSA) is 74.5 Å². The average Bonchev–Trinajstić information content (AvgIpc) is 3.28. The molecule has 0 saturated heterocycles. The molecule has 3 aromatic rings. The monoisotopic (exact) mass is 418 g/mol. The van der Waals surface area contributed by atoms with Crippen molar-refractivity contribution in [1.82, 2.24) is 10.2 Å². The highest BCUT2D eigenvalue weighted by atomic mass is 79.9. The molecule has 0 atom stereocenters. The Kier molecular flexibility index (Phi) is 4.46. The molecule has 0 unspecified atom stereocenters. The molecule has 25 heavy (non-hydrogen) atoms. The number of hydrogen-bond acceptors (Lipinski definition) is 7. The van der Waals surface area contributed by atoms with Crippen molar-refractivity contribution in [3.8, 4) is 23.0 Å². The summed E-state index contributed by atoms with van der Waals surface area (Å²) in [6, 6.07) is 12.6. The van der Waals surface area contributed by atoms with Crippen molar-refractivity contribution in [2.75, 3.05) is 12.5 Å². The van der Waals surface area contributed by atoms with Crippen molar-refractivity contribution in [2.45, 2.75) is 5.22 Å². The van der Waals surface area contributed by atoms with Crippen LogP contribution in [-0.4, -0.2) is 28.5 Å². The van der Waals surface area contributed by atoms with Crippen molar-refractivity contribution < 1.29 is 18.7 Å². The van der Waals surface area contributed by atoms with Gasteiger partial charge >= 0.3 is 0 Å². The Morgan fingerprint density at radius 3 is 2.72 bits per heavy atom. The minimum atomic E-state index is 0.000305. The summed E-state index contributed by atoms with van der Waals surface area (Å²) in [6.07, 6.45) is 0. The van der Waals surface area contributed by atoms with Crippen LogP contribution in [0.15, 0.2) is 56.6 Å². The van der Waals surface area contributed by atoms with E-state index in [2.05, 4.69) is 26.1 Å². The molecule has 0 aliphatic carbocycles. The molecule has 0 saturated carbocycles. The standard InChI is InChI=1S/C17H11BrN2O4S/c18-12-4-1-10(2-5-12)13(21)8-25-17-20-19-16(24-17)11-3-6-14-15(7-11)23-9-22-14/h1-7H,8-9H2. The number of nitrogens with zero attached hydrogens (tertiary/aromatic N) is 2. The zero-order valence-corrected chi connectivity index (χ0v) is 15.2. The summed E-state index contributed by atoms with van der Waals surface area (Å²) < 4.78 is 17.2. The number of fused-ring (bicyclic) bond motifs is 1. The second-order valence-corrected chi connectivity index (χ2v) is 7.00. The molecule has 126 valence electrons. The highest BCUT2D eigenvalue weighted by Gasteiger charge is 2.17. The number of aromatic nitrogens is 2. The van der Waals surface area contributed by atoms with Gasteiger partial charge in [0, 0.05) is 15.6 Å². The van der Waals surface area contributed by atoms with E-state index < -0.39 is 0 Å². The molecular weight excluding hydrogens is 408 g/mol. The Balaban J connectivity index is 1.43. The molecule has 1 aromatic heterocycles. The van der Waals surface area contributed by atoms with Gasteiger partial charge in [-0.15, -0.1) is 10.2 Å². The molecule has 1 aliphatic rings. The molecule has 6 nitrogen and oxygen atoms in total. The number of rotatable bonds is 5. The van der Waals surface area contributed by atoms with Crippen LogP contribution >= 0.6 is 27.7 Å². The number of carbonyl (C=O) groups excluding carboxylic acids is 1. The molecule has 0 bridgehead atoms. The third-order valence-corrected chi connectivity index (χ3v) is 4.87. The first-order valence-corrected chi connectivity index (χ1v) is 9.12. The lowest BCUT2D eigenvalue weighted by molar-refractivity contribution is 0.102. The SMILES string of the molecule is O=C(CSc1nnc(-c2ccc3c(c2)OCO3)o1)c1ccc(Br)cc1. The van der Waals surface area contributed by atoms with E-state index in [1.165, 1.54) is 11.8 Å². The summed E-state index contributed by atoms with van der Waals surface area (Å²) in [5, 5.41) is 8.35. The van der Waals surface area contributed by atoms with Gasteiger partial charge in [-0.1, -0.05) is 39.8 Å². The van der Waals surface area contributed by atoms with E-state index in [1.807, 2.05) is 18.2 Å². The molecule has 0 N–H and O–H groups in total. The molecule has 1 aliphatic heterocycles. The van der Waals surface area contributed by atoms with Gasteiger partial charge < -0.3 is 13.9 Å². The van der Waals surface area contributed by atoms with Gasteiger partial charge in [0.05, 0.1) is 5.75 Å². The summed E-state index contributed by atoms with van der Waals surface area (Å²) in [7, 11) is 0. The van der Waals surface area contributed by atoms with E-state index in [-0.39, 0.29) is 18.3 Å². The number of ketones is 1. The smallest absolute Gasteiger partial charge is 0.277 e. The number of Topliss-reactive ketones (excluding diaryl/α,β-unsaturated/α-hetero) is 1. The number of ether oxygens (including phenoxy) is 2. The number of hydrogen-bond donors (Lipinski definition) is 0. The lowest BCUT2D eigenvalue weighted by Crippen LogP contribution is -2.01. The maximum absolute atomic E-state index is 12.2. The normalized spacial score (nSPS) is 12.4. The van der Waals surface area contributed by atoms with E-state index in [0.717, 1.165) is 10.0 Å². The Morgan fingerprint density at radius 1 is 1.08 bits per heavy atom. The average molecular weight is 419 g/mol. The van der Waals surface area contributed by atoms with Crippen molar-refractivity contribution in [1.29, 1.82) is 0 Å². The van der Waals surface area contributed by atoms with Crippen LogP contribution in [0.1, 0.15) is 10.4 Å². The van der Waals surface area contributed by atoms with Crippen LogP contribution < -0.4 is 9.47 Å². The summed E-state index contributed by atoms with van der Waals surface area (Å²) in [5.74, 6) is 1.94. The van der Waals surface area contributed by atoms with Crippen molar-refractivity contribution in [3.05, 3.63) is 52.5 Å². The first kappa shape index (κ1) is 16.2. The number of benzene rings is 2. The summed E-state index contributed by atoms with van der Waals surface area (Å²) in [6.45, 7) is 0.210. The van der Waals surface area contributed by atoms with E-state index in [1.54, 1.807) is 24.3 Å². The molecule has 2 heterocycles. The molecule has 4 rings (SSSR count). The first-order chi connectivity index (χ1) is 12.2.